The SMILES string of the molecule is [2H]c1c([2H])c([2H])c2c(-c3ccc4c5c(cccc35)-c3ccccc3O4)c3ccccc3c(-c3ccccc3)c2c1[2H]. The van der Waals surface area contributed by atoms with Gasteiger partial charge in [-0.3, -0.25) is 0 Å². The van der Waals surface area contributed by atoms with Crippen LogP contribution in [0.5, 0.6) is 11.5 Å². The van der Waals surface area contributed by atoms with E-state index in [1.54, 1.807) is 0 Å². The van der Waals surface area contributed by atoms with Gasteiger partial charge in [0.25, 0.3) is 0 Å². The third-order valence-electron chi connectivity index (χ3n) is 7.38. The minimum absolute atomic E-state index is 0.0353. The largest absolute Gasteiger partial charge is 0.456 e. The molecule has 0 atom stereocenters. The number of rotatable bonds is 2. The lowest BCUT2D eigenvalue weighted by Gasteiger charge is -2.24. The first-order valence-electron chi connectivity index (χ1n) is 14.4. The summed E-state index contributed by atoms with van der Waals surface area (Å²) in [6.07, 6.45) is 0. The van der Waals surface area contributed by atoms with Gasteiger partial charge in [0.05, 0.1) is 5.48 Å². The number of para-hydroxylation sites is 1. The second-order valence-electron chi connectivity index (χ2n) is 9.35. The second kappa shape index (κ2) is 7.81. The van der Waals surface area contributed by atoms with Gasteiger partial charge in [-0.05, 0) is 72.9 Å². The summed E-state index contributed by atoms with van der Waals surface area (Å²) in [7, 11) is 0. The van der Waals surface area contributed by atoms with Crippen molar-refractivity contribution in [1.82, 2.24) is 0 Å². The lowest BCUT2D eigenvalue weighted by Crippen LogP contribution is -1.98. The van der Waals surface area contributed by atoms with E-state index in [-0.39, 0.29) is 24.2 Å². The van der Waals surface area contributed by atoms with Crippen molar-refractivity contribution in [2.24, 2.45) is 0 Å². The maximum absolute atomic E-state index is 9.17. The van der Waals surface area contributed by atoms with Gasteiger partial charge in [0, 0.05) is 10.9 Å². The first-order chi connectivity index (χ1) is 20.0. The maximum atomic E-state index is 9.17. The molecular formula is C36H22O. The summed E-state index contributed by atoms with van der Waals surface area (Å²) in [5.41, 5.74) is 5.53. The van der Waals surface area contributed by atoms with E-state index >= 15 is 0 Å². The zero-order valence-corrected chi connectivity index (χ0v) is 19.8. The van der Waals surface area contributed by atoms with Gasteiger partial charge in [-0.2, -0.15) is 0 Å². The van der Waals surface area contributed by atoms with Gasteiger partial charge in [-0.1, -0.05) is 115 Å². The number of hydrogen-bond donors (Lipinski definition) is 0. The van der Waals surface area contributed by atoms with Crippen LogP contribution >= 0.6 is 0 Å². The molecule has 0 bridgehead atoms. The Hall–Kier alpha value is -4.88. The molecule has 1 nitrogen and oxygen atoms in total. The fraction of sp³-hybridized carbons (Fsp3) is 0. The Balaban J connectivity index is 1.60. The Morgan fingerprint density at radius 3 is 1.92 bits per heavy atom. The van der Waals surface area contributed by atoms with Crippen LogP contribution in [0.1, 0.15) is 5.48 Å². The van der Waals surface area contributed by atoms with Crippen molar-refractivity contribution in [3.05, 3.63) is 133 Å². The Labute approximate surface area is 220 Å². The van der Waals surface area contributed by atoms with Crippen LogP contribution in [0.25, 0.3) is 65.7 Å². The lowest BCUT2D eigenvalue weighted by molar-refractivity contribution is 0.487. The summed E-state index contributed by atoms with van der Waals surface area (Å²) >= 11 is 0. The van der Waals surface area contributed by atoms with Crippen molar-refractivity contribution in [1.29, 1.82) is 0 Å². The molecule has 0 fully saturated rings. The highest BCUT2D eigenvalue weighted by atomic mass is 16.5. The van der Waals surface area contributed by atoms with Crippen LogP contribution in [-0.4, -0.2) is 0 Å². The minimum Gasteiger partial charge on any atom is -0.456 e. The Bertz CT molecular complexity index is 2220. The molecule has 0 saturated heterocycles. The van der Waals surface area contributed by atoms with Gasteiger partial charge in [-0.15, -0.1) is 0 Å². The number of ether oxygens (including phenoxy) is 1. The Morgan fingerprint density at radius 2 is 1.08 bits per heavy atom. The van der Waals surface area contributed by atoms with E-state index in [1.807, 2.05) is 84.9 Å². The van der Waals surface area contributed by atoms with Crippen LogP contribution in [0.3, 0.4) is 0 Å². The van der Waals surface area contributed by atoms with E-state index < -0.39 is 0 Å². The molecule has 37 heavy (non-hydrogen) atoms. The summed E-state index contributed by atoms with van der Waals surface area (Å²) in [4.78, 5) is 0. The quantitative estimate of drug-likeness (QED) is 0.226. The molecular weight excluding hydrogens is 448 g/mol. The fourth-order valence-electron chi connectivity index (χ4n) is 5.86. The summed E-state index contributed by atoms with van der Waals surface area (Å²) in [6, 6.07) is 35.7. The zero-order valence-electron chi connectivity index (χ0n) is 23.8. The van der Waals surface area contributed by atoms with Gasteiger partial charge in [0.2, 0.25) is 0 Å². The molecule has 172 valence electrons. The maximum Gasteiger partial charge on any atom is 0.135 e. The Kier molecular flexibility index (Phi) is 3.53. The fourth-order valence-corrected chi connectivity index (χ4v) is 5.86. The van der Waals surface area contributed by atoms with Crippen molar-refractivity contribution >= 4 is 32.3 Å². The summed E-state index contributed by atoms with van der Waals surface area (Å²) in [6.45, 7) is 0. The average Bonchev–Trinajstić information content (AvgIpc) is 3.02. The smallest absolute Gasteiger partial charge is 0.135 e. The van der Waals surface area contributed by atoms with Crippen molar-refractivity contribution in [2.45, 2.75) is 0 Å². The van der Waals surface area contributed by atoms with Gasteiger partial charge in [0.15, 0.2) is 0 Å². The van der Waals surface area contributed by atoms with Crippen LogP contribution in [-0.2, 0) is 0 Å². The van der Waals surface area contributed by atoms with Crippen molar-refractivity contribution < 1.29 is 10.2 Å². The second-order valence-corrected chi connectivity index (χ2v) is 9.35. The van der Waals surface area contributed by atoms with E-state index in [1.165, 1.54) is 0 Å². The molecule has 1 heterocycles. The molecule has 0 aliphatic carbocycles. The van der Waals surface area contributed by atoms with Crippen LogP contribution in [0.2, 0.25) is 0 Å². The van der Waals surface area contributed by atoms with Crippen molar-refractivity contribution in [2.75, 3.05) is 0 Å². The van der Waals surface area contributed by atoms with Crippen LogP contribution in [0.15, 0.2) is 133 Å². The van der Waals surface area contributed by atoms with E-state index in [2.05, 4.69) is 24.3 Å². The van der Waals surface area contributed by atoms with E-state index in [0.29, 0.717) is 10.8 Å². The summed E-state index contributed by atoms with van der Waals surface area (Å²) in [5, 5.41) is 4.88. The summed E-state index contributed by atoms with van der Waals surface area (Å²) < 4.78 is 41.8. The zero-order chi connectivity index (χ0) is 27.8. The standard InChI is InChI=1S/C36H22O/c1-2-11-23(12-3-1)34-26-14-4-6-16-28(26)35(29-17-7-5-15-27(29)34)31-21-22-33-36-25(18-10-19-30(31)36)24-13-8-9-20-32(24)37-33/h1-22H/i4D,6D,14D,16D. The molecule has 1 aliphatic heterocycles. The Morgan fingerprint density at radius 1 is 0.432 bits per heavy atom. The molecule has 1 heteroatoms. The van der Waals surface area contributed by atoms with Crippen molar-refractivity contribution in [3.8, 4) is 44.9 Å². The molecule has 8 rings (SSSR count). The minimum atomic E-state index is -0.238. The summed E-state index contributed by atoms with van der Waals surface area (Å²) in [5.74, 6) is 1.59. The van der Waals surface area contributed by atoms with E-state index in [0.717, 1.165) is 66.4 Å². The van der Waals surface area contributed by atoms with Crippen LogP contribution < -0.4 is 4.74 Å². The van der Waals surface area contributed by atoms with Gasteiger partial charge >= 0.3 is 0 Å². The topological polar surface area (TPSA) is 9.23 Å². The molecule has 0 N–H and O–H groups in total. The molecule has 7 aromatic rings. The molecule has 0 amide bonds. The highest BCUT2D eigenvalue weighted by molar-refractivity contribution is 6.24. The third kappa shape index (κ3) is 2.92. The molecule has 0 unspecified atom stereocenters. The average molecular weight is 475 g/mol. The normalized spacial score (nSPS) is 13.5. The highest BCUT2D eigenvalue weighted by Crippen LogP contribution is 2.51. The number of fused-ring (bicyclic) bond motifs is 4. The molecule has 0 radical (unpaired) electrons. The number of hydrogen-bond acceptors (Lipinski definition) is 1. The predicted octanol–water partition coefficient (Wildman–Crippen LogP) is 10.3. The van der Waals surface area contributed by atoms with Gasteiger partial charge in [-0.25, -0.2) is 0 Å². The molecule has 1 aliphatic rings. The molecule has 0 saturated carbocycles. The lowest BCUT2D eigenvalue weighted by atomic mass is 9.83. The first kappa shape index (κ1) is 16.7. The molecule has 0 aromatic heterocycles. The monoisotopic (exact) mass is 474 g/mol. The van der Waals surface area contributed by atoms with Crippen LogP contribution in [0.4, 0.5) is 0 Å². The highest BCUT2D eigenvalue weighted by Gasteiger charge is 2.23. The van der Waals surface area contributed by atoms with E-state index in [4.69, 9.17) is 8.85 Å². The van der Waals surface area contributed by atoms with E-state index in [9.17, 15) is 1.37 Å². The van der Waals surface area contributed by atoms with Gasteiger partial charge < -0.3 is 4.74 Å². The first-order valence-corrected chi connectivity index (χ1v) is 12.4. The predicted molar refractivity (Wildman–Crippen MR) is 155 cm³/mol. The third-order valence-corrected chi connectivity index (χ3v) is 7.38. The number of benzene rings is 7. The van der Waals surface area contributed by atoms with Crippen LogP contribution in [0, 0.1) is 0 Å². The van der Waals surface area contributed by atoms with Gasteiger partial charge in [0.1, 0.15) is 11.5 Å². The molecule has 0 spiro atoms. The van der Waals surface area contributed by atoms with Crippen molar-refractivity contribution in [3.63, 3.8) is 0 Å². The molecule has 7 aromatic carbocycles.